The number of hydrogen-bond acceptors (Lipinski definition) is 3. The molecule has 1 aromatic heterocycles. The van der Waals surface area contributed by atoms with Crippen LogP contribution in [0.25, 0.3) is 0 Å². The minimum Gasteiger partial charge on any atom is -0.296 e. The first-order valence-corrected chi connectivity index (χ1v) is 5.05. The van der Waals surface area contributed by atoms with Gasteiger partial charge in [-0.05, 0) is 18.3 Å². The Hall–Kier alpha value is -1.19. The highest BCUT2D eigenvalue weighted by molar-refractivity contribution is 5.73. The zero-order valence-electron chi connectivity index (χ0n) is 8.77. The Morgan fingerprint density at radius 1 is 1.57 bits per heavy atom. The summed E-state index contributed by atoms with van der Waals surface area (Å²) in [6, 6.07) is 0.466. The van der Waals surface area contributed by atoms with Gasteiger partial charge in [-0.1, -0.05) is 26.0 Å². The number of rotatable bonds is 3. The van der Waals surface area contributed by atoms with Gasteiger partial charge in [-0.25, -0.2) is 4.68 Å². The molecule has 0 N–H and O–H groups in total. The summed E-state index contributed by atoms with van der Waals surface area (Å²) in [4.78, 5) is 10.8. The second-order valence-corrected chi connectivity index (χ2v) is 4.36. The zero-order chi connectivity index (χ0) is 10.3. The van der Waals surface area contributed by atoms with Crippen molar-refractivity contribution in [1.82, 2.24) is 15.0 Å². The van der Waals surface area contributed by atoms with Crippen LogP contribution in [0.3, 0.4) is 0 Å². The summed E-state index contributed by atoms with van der Waals surface area (Å²) in [6.45, 7) is 6.32. The summed E-state index contributed by atoms with van der Waals surface area (Å²) in [5.41, 5.74) is 1.48. The van der Waals surface area contributed by atoms with E-state index < -0.39 is 0 Å². The molecule has 1 saturated carbocycles. The fourth-order valence-electron chi connectivity index (χ4n) is 1.85. The predicted molar refractivity (Wildman–Crippen MR) is 52.3 cm³/mol. The summed E-state index contributed by atoms with van der Waals surface area (Å²) in [7, 11) is 0. The Kier molecular flexibility index (Phi) is 2.13. The van der Waals surface area contributed by atoms with Crippen molar-refractivity contribution < 1.29 is 4.79 Å². The van der Waals surface area contributed by atoms with Crippen molar-refractivity contribution in [1.29, 1.82) is 0 Å². The summed E-state index contributed by atoms with van der Waals surface area (Å²) in [5.74, 6) is 0.978. The summed E-state index contributed by atoms with van der Waals surface area (Å²) >= 11 is 0. The van der Waals surface area contributed by atoms with Gasteiger partial charge in [0.05, 0.1) is 11.7 Å². The van der Waals surface area contributed by atoms with E-state index in [1.807, 2.05) is 4.68 Å². The summed E-state index contributed by atoms with van der Waals surface area (Å²) in [5, 5.41) is 7.95. The number of aldehydes is 1. The summed E-state index contributed by atoms with van der Waals surface area (Å²) in [6.07, 6.45) is 1.95. The molecule has 0 aromatic carbocycles. The maximum absolute atomic E-state index is 10.8. The second-order valence-electron chi connectivity index (χ2n) is 4.36. The van der Waals surface area contributed by atoms with E-state index in [9.17, 15) is 4.79 Å². The Morgan fingerprint density at radius 3 is 2.64 bits per heavy atom. The quantitative estimate of drug-likeness (QED) is 0.688. The van der Waals surface area contributed by atoms with Gasteiger partial charge < -0.3 is 0 Å². The first kappa shape index (κ1) is 9.37. The van der Waals surface area contributed by atoms with Crippen LogP contribution in [0.5, 0.6) is 0 Å². The maximum atomic E-state index is 10.8. The highest BCUT2D eigenvalue weighted by atomic mass is 16.1. The minimum atomic E-state index is 0.304. The topological polar surface area (TPSA) is 47.8 Å². The third-order valence-corrected chi connectivity index (χ3v) is 2.80. The van der Waals surface area contributed by atoms with Crippen molar-refractivity contribution in [2.75, 3.05) is 0 Å². The van der Waals surface area contributed by atoms with Crippen LogP contribution in [-0.2, 0) is 0 Å². The normalized spacial score (nSPS) is 25.4. The highest BCUT2D eigenvalue weighted by Crippen LogP contribution is 2.43. The van der Waals surface area contributed by atoms with Crippen LogP contribution in [0.4, 0.5) is 0 Å². The van der Waals surface area contributed by atoms with E-state index in [2.05, 4.69) is 31.1 Å². The lowest BCUT2D eigenvalue weighted by atomic mass is 10.1. The molecule has 2 atom stereocenters. The third-order valence-electron chi connectivity index (χ3n) is 2.80. The molecular formula is C10H15N3O. The number of nitrogens with zero attached hydrogens (tertiary/aromatic N) is 3. The molecule has 1 aliphatic carbocycles. The summed E-state index contributed by atoms with van der Waals surface area (Å²) < 4.78 is 1.93. The van der Waals surface area contributed by atoms with Crippen molar-refractivity contribution in [3.63, 3.8) is 0 Å². The van der Waals surface area contributed by atoms with E-state index in [1.165, 1.54) is 0 Å². The van der Waals surface area contributed by atoms with E-state index in [0.717, 1.165) is 18.4 Å². The van der Waals surface area contributed by atoms with E-state index >= 15 is 0 Å². The Balaban J connectivity index is 2.39. The zero-order valence-corrected chi connectivity index (χ0v) is 8.77. The molecule has 0 aliphatic heterocycles. The largest absolute Gasteiger partial charge is 0.296 e. The molecule has 4 nitrogen and oxygen atoms in total. The maximum Gasteiger partial charge on any atom is 0.172 e. The minimum absolute atomic E-state index is 0.304. The first-order valence-electron chi connectivity index (χ1n) is 5.05. The third kappa shape index (κ3) is 1.35. The molecule has 0 radical (unpaired) electrons. The highest BCUT2D eigenvalue weighted by Gasteiger charge is 2.37. The molecule has 0 bridgehead atoms. The predicted octanol–water partition coefficient (Wildman–Crippen LogP) is 1.79. The first-order chi connectivity index (χ1) is 6.65. The number of hydrogen-bond donors (Lipinski definition) is 0. The van der Waals surface area contributed by atoms with Gasteiger partial charge in [-0.15, -0.1) is 5.10 Å². The number of carbonyl (C=O) groups is 1. The molecule has 0 saturated heterocycles. The van der Waals surface area contributed by atoms with Crippen molar-refractivity contribution in [3.8, 4) is 0 Å². The average molecular weight is 193 g/mol. The Morgan fingerprint density at radius 2 is 2.21 bits per heavy atom. The SMILES string of the molecule is CC(C)c1c(C=O)nnn1C1CC1C. The van der Waals surface area contributed by atoms with Gasteiger partial charge in [0.2, 0.25) is 0 Å². The molecule has 76 valence electrons. The van der Waals surface area contributed by atoms with Gasteiger partial charge in [0.15, 0.2) is 6.29 Å². The van der Waals surface area contributed by atoms with E-state index in [4.69, 9.17) is 0 Å². The lowest BCUT2D eigenvalue weighted by Crippen LogP contribution is -2.06. The van der Waals surface area contributed by atoms with Crippen LogP contribution in [0.1, 0.15) is 55.3 Å². The molecule has 4 heteroatoms. The van der Waals surface area contributed by atoms with Crippen molar-refractivity contribution in [2.24, 2.45) is 5.92 Å². The van der Waals surface area contributed by atoms with E-state index in [1.54, 1.807) is 0 Å². The average Bonchev–Trinajstić information content (AvgIpc) is 2.72. The molecule has 2 unspecified atom stereocenters. The van der Waals surface area contributed by atoms with Crippen LogP contribution in [0.2, 0.25) is 0 Å². The fourth-order valence-corrected chi connectivity index (χ4v) is 1.85. The standard InChI is InChI=1S/C10H15N3O/c1-6(2)10-8(5-14)11-12-13(10)9-4-7(9)3/h5-7,9H,4H2,1-3H3. The monoisotopic (exact) mass is 193 g/mol. The van der Waals surface area contributed by atoms with Gasteiger partial charge in [-0.3, -0.25) is 4.79 Å². The van der Waals surface area contributed by atoms with E-state index in [0.29, 0.717) is 23.6 Å². The Labute approximate surface area is 83.3 Å². The Bertz CT molecular complexity index is 356. The van der Waals surface area contributed by atoms with Gasteiger partial charge in [0.25, 0.3) is 0 Å². The lowest BCUT2D eigenvalue weighted by molar-refractivity contribution is 0.111. The molecule has 14 heavy (non-hydrogen) atoms. The van der Waals surface area contributed by atoms with Gasteiger partial charge >= 0.3 is 0 Å². The van der Waals surface area contributed by atoms with Gasteiger partial charge in [0, 0.05) is 0 Å². The van der Waals surface area contributed by atoms with Crippen LogP contribution in [0, 0.1) is 5.92 Å². The van der Waals surface area contributed by atoms with Crippen LogP contribution in [0.15, 0.2) is 0 Å². The van der Waals surface area contributed by atoms with Crippen molar-refractivity contribution in [2.45, 2.75) is 39.2 Å². The number of carbonyl (C=O) groups excluding carboxylic acids is 1. The van der Waals surface area contributed by atoms with Crippen molar-refractivity contribution in [3.05, 3.63) is 11.4 Å². The molecule has 0 amide bonds. The second kappa shape index (κ2) is 3.19. The molecular weight excluding hydrogens is 178 g/mol. The molecule has 1 heterocycles. The molecule has 0 spiro atoms. The molecule has 1 aliphatic rings. The molecule has 1 fully saturated rings. The smallest absolute Gasteiger partial charge is 0.172 e. The van der Waals surface area contributed by atoms with Gasteiger partial charge in [-0.2, -0.15) is 0 Å². The van der Waals surface area contributed by atoms with Crippen LogP contribution < -0.4 is 0 Å². The van der Waals surface area contributed by atoms with E-state index in [-0.39, 0.29) is 0 Å². The van der Waals surface area contributed by atoms with Crippen LogP contribution >= 0.6 is 0 Å². The van der Waals surface area contributed by atoms with Crippen molar-refractivity contribution >= 4 is 6.29 Å². The van der Waals surface area contributed by atoms with Crippen LogP contribution in [-0.4, -0.2) is 21.3 Å². The lowest BCUT2D eigenvalue weighted by Gasteiger charge is -2.08. The molecule has 2 rings (SSSR count). The fraction of sp³-hybridized carbons (Fsp3) is 0.700. The molecule has 1 aromatic rings. The number of aromatic nitrogens is 3. The van der Waals surface area contributed by atoms with Gasteiger partial charge in [0.1, 0.15) is 5.69 Å².